The number of nitrogens with one attached hydrogen (secondary N) is 1. The van der Waals surface area contributed by atoms with Gasteiger partial charge in [-0.25, -0.2) is 0 Å². The molecule has 0 unspecified atom stereocenters. The summed E-state index contributed by atoms with van der Waals surface area (Å²) in [6.45, 7) is 5.28. The highest BCUT2D eigenvalue weighted by molar-refractivity contribution is 5.05. The first kappa shape index (κ1) is 10.8. The fraction of sp³-hybridized carbons (Fsp3) is 0.333. The Hall–Kier alpha value is -1.68. The van der Waals surface area contributed by atoms with Crippen molar-refractivity contribution in [2.75, 3.05) is 0 Å². The number of aryl methyl sites for hydroxylation is 2. The van der Waals surface area contributed by atoms with E-state index in [0.29, 0.717) is 13.1 Å². The largest absolute Gasteiger partial charge is 0.465 e. The molecule has 0 saturated carbocycles. The fourth-order valence-electron chi connectivity index (χ4n) is 1.40. The quantitative estimate of drug-likeness (QED) is 0.850. The highest BCUT2D eigenvalue weighted by Crippen LogP contribution is 2.05. The molecule has 0 bridgehead atoms. The van der Waals surface area contributed by atoms with Crippen molar-refractivity contribution in [3.8, 4) is 0 Å². The van der Waals surface area contributed by atoms with Gasteiger partial charge < -0.3 is 9.73 Å². The number of hydrogen-bond acceptors (Lipinski definition) is 4. The molecule has 4 nitrogen and oxygen atoms in total. The molecule has 2 aromatic rings. The first-order valence-corrected chi connectivity index (χ1v) is 5.27. The van der Waals surface area contributed by atoms with Crippen LogP contribution < -0.4 is 5.32 Å². The number of hydrogen-bond donors (Lipinski definition) is 1. The van der Waals surface area contributed by atoms with Crippen molar-refractivity contribution < 1.29 is 4.42 Å². The van der Waals surface area contributed by atoms with Crippen LogP contribution in [-0.2, 0) is 13.1 Å². The van der Waals surface area contributed by atoms with Crippen LogP contribution in [0, 0.1) is 13.8 Å². The lowest BCUT2D eigenvalue weighted by Crippen LogP contribution is -2.13. The van der Waals surface area contributed by atoms with Crippen LogP contribution in [0.25, 0.3) is 0 Å². The molecule has 4 heteroatoms. The van der Waals surface area contributed by atoms with Crippen molar-refractivity contribution in [1.82, 2.24) is 15.3 Å². The Kier molecular flexibility index (Phi) is 3.31. The minimum atomic E-state index is 0.701. The van der Waals surface area contributed by atoms with Crippen molar-refractivity contribution in [3.05, 3.63) is 47.4 Å². The second-order valence-electron chi connectivity index (χ2n) is 3.77. The Labute approximate surface area is 94.7 Å². The van der Waals surface area contributed by atoms with Crippen molar-refractivity contribution in [2.45, 2.75) is 26.9 Å². The third kappa shape index (κ3) is 2.90. The molecule has 0 amide bonds. The summed E-state index contributed by atoms with van der Waals surface area (Å²) in [5, 5.41) is 3.25. The molecule has 1 N–H and O–H groups in total. The number of aromatic nitrogens is 2. The monoisotopic (exact) mass is 217 g/mol. The van der Waals surface area contributed by atoms with Gasteiger partial charge in [0.05, 0.1) is 17.9 Å². The van der Waals surface area contributed by atoms with Crippen LogP contribution in [0.3, 0.4) is 0 Å². The molecule has 2 aromatic heterocycles. The lowest BCUT2D eigenvalue weighted by Gasteiger charge is -2.02. The molecule has 0 aliphatic rings. The van der Waals surface area contributed by atoms with Gasteiger partial charge in [0.25, 0.3) is 0 Å². The predicted octanol–water partition coefficient (Wildman–Crippen LogP) is 1.98. The maximum absolute atomic E-state index is 5.44. The molecule has 0 aliphatic heterocycles. The molecule has 84 valence electrons. The van der Waals surface area contributed by atoms with Gasteiger partial charge in [-0.2, -0.15) is 0 Å². The third-order valence-electron chi connectivity index (χ3n) is 2.24. The highest BCUT2D eigenvalue weighted by Gasteiger charge is 1.99. The highest BCUT2D eigenvalue weighted by atomic mass is 16.3. The smallest absolute Gasteiger partial charge is 0.117 e. The molecule has 0 atom stereocenters. The van der Waals surface area contributed by atoms with Crippen LogP contribution in [0.15, 0.2) is 28.9 Å². The lowest BCUT2D eigenvalue weighted by atomic mass is 10.4. The zero-order chi connectivity index (χ0) is 11.4. The zero-order valence-electron chi connectivity index (χ0n) is 9.53. The Morgan fingerprint density at radius 1 is 1.12 bits per heavy atom. The molecule has 2 rings (SSSR count). The Morgan fingerprint density at radius 2 is 2.00 bits per heavy atom. The summed E-state index contributed by atoms with van der Waals surface area (Å²) in [5.74, 6) is 1.88. The van der Waals surface area contributed by atoms with Gasteiger partial charge in [0.2, 0.25) is 0 Å². The summed E-state index contributed by atoms with van der Waals surface area (Å²) in [7, 11) is 0. The Morgan fingerprint density at radius 3 is 2.62 bits per heavy atom. The first-order valence-electron chi connectivity index (χ1n) is 5.27. The maximum Gasteiger partial charge on any atom is 0.117 e. The summed E-state index contributed by atoms with van der Waals surface area (Å²) in [5.41, 5.74) is 1.87. The van der Waals surface area contributed by atoms with Crippen LogP contribution in [0.4, 0.5) is 0 Å². The van der Waals surface area contributed by atoms with E-state index in [2.05, 4.69) is 15.3 Å². The van der Waals surface area contributed by atoms with E-state index in [1.54, 1.807) is 12.4 Å². The number of furan rings is 1. The topological polar surface area (TPSA) is 51.0 Å². The molecule has 0 aliphatic carbocycles. The summed E-state index contributed by atoms with van der Waals surface area (Å²) < 4.78 is 5.44. The average molecular weight is 217 g/mol. The van der Waals surface area contributed by atoms with E-state index in [4.69, 9.17) is 4.42 Å². The predicted molar refractivity (Wildman–Crippen MR) is 60.8 cm³/mol. The molecular weight excluding hydrogens is 202 g/mol. The summed E-state index contributed by atoms with van der Waals surface area (Å²) >= 11 is 0. The molecule has 0 spiro atoms. The van der Waals surface area contributed by atoms with Gasteiger partial charge >= 0.3 is 0 Å². The summed E-state index contributed by atoms with van der Waals surface area (Å²) in [6.07, 6.45) is 3.56. The zero-order valence-corrected chi connectivity index (χ0v) is 9.53. The van der Waals surface area contributed by atoms with Crippen LogP contribution in [0.2, 0.25) is 0 Å². The van der Waals surface area contributed by atoms with Crippen LogP contribution in [0.1, 0.15) is 22.9 Å². The van der Waals surface area contributed by atoms with Crippen LogP contribution in [0.5, 0.6) is 0 Å². The van der Waals surface area contributed by atoms with Gasteiger partial charge in [-0.15, -0.1) is 0 Å². The van der Waals surface area contributed by atoms with Gasteiger partial charge in [-0.05, 0) is 26.0 Å². The van der Waals surface area contributed by atoms with E-state index in [1.807, 2.05) is 26.0 Å². The molecule has 0 radical (unpaired) electrons. The Balaban J connectivity index is 1.82. The molecule has 16 heavy (non-hydrogen) atoms. The molecule has 0 aromatic carbocycles. The normalized spacial score (nSPS) is 10.6. The minimum Gasteiger partial charge on any atom is -0.465 e. The lowest BCUT2D eigenvalue weighted by molar-refractivity contribution is 0.460. The fourth-order valence-corrected chi connectivity index (χ4v) is 1.40. The van der Waals surface area contributed by atoms with Crippen molar-refractivity contribution >= 4 is 0 Å². The second-order valence-corrected chi connectivity index (χ2v) is 3.77. The molecule has 0 saturated heterocycles. The number of rotatable bonds is 4. The molecule has 0 fully saturated rings. The van der Waals surface area contributed by atoms with Gasteiger partial charge in [-0.1, -0.05) is 0 Å². The van der Waals surface area contributed by atoms with Crippen molar-refractivity contribution in [3.63, 3.8) is 0 Å². The minimum absolute atomic E-state index is 0.701. The van der Waals surface area contributed by atoms with Gasteiger partial charge in [0, 0.05) is 18.9 Å². The van der Waals surface area contributed by atoms with Crippen LogP contribution >= 0.6 is 0 Å². The SMILES string of the molecule is Cc1cnc(CNCc2ccc(C)o2)cn1. The van der Waals surface area contributed by atoms with E-state index in [9.17, 15) is 0 Å². The van der Waals surface area contributed by atoms with Crippen molar-refractivity contribution in [2.24, 2.45) is 0 Å². The second kappa shape index (κ2) is 4.90. The van der Waals surface area contributed by atoms with Crippen molar-refractivity contribution in [1.29, 1.82) is 0 Å². The van der Waals surface area contributed by atoms with Gasteiger partial charge in [0.1, 0.15) is 11.5 Å². The van der Waals surface area contributed by atoms with E-state index in [-0.39, 0.29) is 0 Å². The maximum atomic E-state index is 5.44. The van der Waals surface area contributed by atoms with E-state index in [0.717, 1.165) is 22.9 Å². The molecular formula is C12H15N3O. The van der Waals surface area contributed by atoms with E-state index in [1.165, 1.54) is 0 Å². The average Bonchev–Trinajstić information content (AvgIpc) is 2.67. The van der Waals surface area contributed by atoms with E-state index < -0.39 is 0 Å². The first-order chi connectivity index (χ1) is 7.74. The number of nitrogens with zero attached hydrogens (tertiary/aromatic N) is 2. The standard InChI is InChI=1S/C12H15N3O/c1-9-5-15-11(7-14-9)6-13-8-12-4-3-10(2)16-12/h3-5,7,13H,6,8H2,1-2H3. The van der Waals surface area contributed by atoms with Crippen LogP contribution in [-0.4, -0.2) is 9.97 Å². The van der Waals surface area contributed by atoms with Gasteiger partial charge in [0.15, 0.2) is 0 Å². The molecule has 2 heterocycles. The summed E-state index contributed by atoms with van der Waals surface area (Å²) in [6, 6.07) is 3.94. The van der Waals surface area contributed by atoms with E-state index >= 15 is 0 Å². The third-order valence-corrected chi connectivity index (χ3v) is 2.24. The van der Waals surface area contributed by atoms with Gasteiger partial charge in [-0.3, -0.25) is 9.97 Å². The summed E-state index contributed by atoms with van der Waals surface area (Å²) in [4.78, 5) is 8.44. The Bertz CT molecular complexity index is 448.